The fourth-order valence-electron chi connectivity index (χ4n) is 2.71. The van der Waals surface area contributed by atoms with Gasteiger partial charge in [-0.05, 0) is 31.0 Å². The van der Waals surface area contributed by atoms with Crippen molar-refractivity contribution in [2.24, 2.45) is 5.92 Å². The Morgan fingerprint density at radius 1 is 1.32 bits per heavy atom. The zero-order valence-electron chi connectivity index (χ0n) is 11.9. The second-order valence-electron chi connectivity index (χ2n) is 5.35. The van der Waals surface area contributed by atoms with E-state index in [4.69, 9.17) is 0 Å². The Labute approximate surface area is 130 Å². The monoisotopic (exact) mass is 326 g/mol. The molecule has 1 aromatic carbocycles. The molecule has 1 amide bonds. The van der Waals surface area contributed by atoms with Crippen LogP contribution in [0.3, 0.4) is 0 Å². The summed E-state index contributed by atoms with van der Waals surface area (Å²) in [5, 5.41) is 3.34. The van der Waals surface area contributed by atoms with E-state index < -0.39 is 6.61 Å². The standard InChI is InChI=1S/C15H16F2N2O2S/c16-14(17)21-10-6-7-11-12(8-10)22-15(18-11)19-13(20)9-4-2-1-3-5-9/h6-9,14H,1-5H2,(H,18,19,20). The number of alkyl halides is 2. The molecule has 7 heteroatoms. The average Bonchev–Trinajstić information content (AvgIpc) is 2.89. The predicted octanol–water partition coefficient (Wildman–Crippen LogP) is 4.42. The normalized spacial score (nSPS) is 16.1. The molecule has 0 saturated heterocycles. The second-order valence-corrected chi connectivity index (χ2v) is 6.38. The zero-order chi connectivity index (χ0) is 15.5. The van der Waals surface area contributed by atoms with Gasteiger partial charge in [0.1, 0.15) is 5.75 Å². The van der Waals surface area contributed by atoms with Gasteiger partial charge in [-0.2, -0.15) is 8.78 Å². The van der Waals surface area contributed by atoms with Crippen LogP contribution in [0.15, 0.2) is 18.2 Å². The molecule has 0 radical (unpaired) electrons. The Balaban J connectivity index is 1.72. The van der Waals surface area contributed by atoms with Crippen molar-refractivity contribution in [3.05, 3.63) is 18.2 Å². The highest BCUT2D eigenvalue weighted by atomic mass is 32.1. The summed E-state index contributed by atoms with van der Waals surface area (Å²) in [6.45, 7) is -2.85. The number of carbonyl (C=O) groups excluding carboxylic acids is 1. The van der Waals surface area contributed by atoms with Gasteiger partial charge in [0.25, 0.3) is 0 Å². The smallest absolute Gasteiger partial charge is 0.387 e. The number of halogens is 2. The average molecular weight is 326 g/mol. The minimum atomic E-state index is -2.85. The van der Waals surface area contributed by atoms with Gasteiger partial charge in [0, 0.05) is 5.92 Å². The van der Waals surface area contributed by atoms with Crippen molar-refractivity contribution in [3.8, 4) is 5.75 Å². The topological polar surface area (TPSA) is 51.2 Å². The van der Waals surface area contributed by atoms with Gasteiger partial charge in [-0.25, -0.2) is 4.98 Å². The van der Waals surface area contributed by atoms with E-state index in [1.807, 2.05) is 0 Å². The molecule has 1 N–H and O–H groups in total. The molecule has 0 atom stereocenters. The lowest BCUT2D eigenvalue weighted by atomic mass is 9.89. The number of amides is 1. The maximum absolute atomic E-state index is 12.2. The van der Waals surface area contributed by atoms with Crippen LogP contribution in [-0.4, -0.2) is 17.5 Å². The van der Waals surface area contributed by atoms with E-state index in [1.165, 1.54) is 29.9 Å². The predicted molar refractivity (Wildman–Crippen MR) is 81.5 cm³/mol. The lowest BCUT2D eigenvalue weighted by Crippen LogP contribution is -2.24. The van der Waals surface area contributed by atoms with E-state index in [-0.39, 0.29) is 17.6 Å². The number of hydrogen-bond donors (Lipinski definition) is 1. The summed E-state index contributed by atoms with van der Waals surface area (Å²) in [4.78, 5) is 16.5. The van der Waals surface area contributed by atoms with E-state index in [0.29, 0.717) is 15.3 Å². The molecular formula is C15H16F2N2O2S. The molecule has 1 aliphatic carbocycles. The van der Waals surface area contributed by atoms with Gasteiger partial charge >= 0.3 is 6.61 Å². The number of fused-ring (bicyclic) bond motifs is 1. The Kier molecular flexibility index (Phi) is 4.52. The number of thiazole rings is 1. The van der Waals surface area contributed by atoms with Gasteiger partial charge in [-0.1, -0.05) is 30.6 Å². The number of benzene rings is 1. The fraction of sp³-hybridized carbons (Fsp3) is 0.467. The first-order chi connectivity index (χ1) is 10.6. The van der Waals surface area contributed by atoms with Gasteiger partial charge in [0.05, 0.1) is 10.2 Å². The molecule has 1 fully saturated rings. The van der Waals surface area contributed by atoms with Gasteiger partial charge < -0.3 is 10.1 Å². The molecule has 1 saturated carbocycles. The van der Waals surface area contributed by atoms with Crippen LogP contribution in [0.5, 0.6) is 5.75 Å². The van der Waals surface area contributed by atoms with E-state index >= 15 is 0 Å². The number of anilines is 1. The van der Waals surface area contributed by atoms with Crippen LogP contribution in [0.2, 0.25) is 0 Å². The number of aromatic nitrogens is 1. The van der Waals surface area contributed by atoms with Crippen LogP contribution >= 0.6 is 11.3 Å². The quantitative estimate of drug-likeness (QED) is 0.905. The molecule has 1 heterocycles. The van der Waals surface area contributed by atoms with E-state index in [0.717, 1.165) is 25.7 Å². The molecule has 2 aromatic rings. The molecular weight excluding hydrogens is 310 g/mol. The number of nitrogens with zero attached hydrogens (tertiary/aromatic N) is 1. The second kappa shape index (κ2) is 6.56. The molecule has 0 spiro atoms. The Hall–Kier alpha value is -1.76. The van der Waals surface area contributed by atoms with Crippen LogP contribution in [-0.2, 0) is 4.79 Å². The van der Waals surface area contributed by atoms with Crippen molar-refractivity contribution in [1.29, 1.82) is 0 Å². The molecule has 22 heavy (non-hydrogen) atoms. The largest absolute Gasteiger partial charge is 0.435 e. The van der Waals surface area contributed by atoms with Crippen molar-refractivity contribution < 1.29 is 18.3 Å². The third kappa shape index (κ3) is 3.52. The van der Waals surface area contributed by atoms with E-state index in [1.54, 1.807) is 6.07 Å². The lowest BCUT2D eigenvalue weighted by molar-refractivity contribution is -0.120. The Morgan fingerprint density at radius 2 is 2.09 bits per heavy atom. The van der Waals surface area contributed by atoms with E-state index in [9.17, 15) is 13.6 Å². The number of ether oxygens (including phenoxy) is 1. The summed E-state index contributed by atoms with van der Waals surface area (Å²) in [5.74, 6) is 0.151. The van der Waals surface area contributed by atoms with Gasteiger partial charge in [0.15, 0.2) is 5.13 Å². The summed E-state index contributed by atoms with van der Waals surface area (Å²) in [6, 6.07) is 4.57. The van der Waals surface area contributed by atoms with Crippen LogP contribution in [0.25, 0.3) is 10.2 Å². The molecule has 0 aliphatic heterocycles. The Morgan fingerprint density at radius 3 is 2.82 bits per heavy atom. The first-order valence-corrected chi connectivity index (χ1v) is 8.10. The van der Waals surface area contributed by atoms with Crippen molar-refractivity contribution in [1.82, 2.24) is 4.98 Å². The maximum atomic E-state index is 12.2. The minimum absolute atomic E-state index is 0.00260. The summed E-state index contributed by atoms with van der Waals surface area (Å²) in [6.07, 6.45) is 5.21. The van der Waals surface area contributed by atoms with Crippen molar-refractivity contribution in [3.63, 3.8) is 0 Å². The first kappa shape index (κ1) is 15.1. The van der Waals surface area contributed by atoms with Crippen LogP contribution in [0.1, 0.15) is 32.1 Å². The highest BCUT2D eigenvalue weighted by molar-refractivity contribution is 7.22. The van der Waals surface area contributed by atoms with Crippen molar-refractivity contribution in [2.45, 2.75) is 38.7 Å². The number of nitrogens with one attached hydrogen (secondary N) is 1. The molecule has 0 bridgehead atoms. The van der Waals surface area contributed by atoms with Crippen LogP contribution in [0.4, 0.5) is 13.9 Å². The number of hydrogen-bond acceptors (Lipinski definition) is 4. The SMILES string of the molecule is O=C(Nc1nc2ccc(OC(F)F)cc2s1)C1CCCCC1. The fourth-order valence-corrected chi connectivity index (χ4v) is 3.60. The third-order valence-corrected chi connectivity index (χ3v) is 4.72. The molecule has 118 valence electrons. The highest BCUT2D eigenvalue weighted by Crippen LogP contribution is 2.31. The summed E-state index contributed by atoms with van der Waals surface area (Å²) in [7, 11) is 0. The van der Waals surface area contributed by atoms with Gasteiger partial charge in [-0.3, -0.25) is 4.79 Å². The molecule has 1 aromatic heterocycles. The molecule has 1 aliphatic rings. The number of carbonyl (C=O) groups is 1. The lowest BCUT2D eigenvalue weighted by Gasteiger charge is -2.19. The van der Waals surface area contributed by atoms with Crippen LogP contribution in [0, 0.1) is 5.92 Å². The molecule has 3 rings (SSSR count). The van der Waals surface area contributed by atoms with Gasteiger partial charge in [-0.15, -0.1) is 0 Å². The van der Waals surface area contributed by atoms with Crippen LogP contribution < -0.4 is 10.1 Å². The number of rotatable bonds is 4. The zero-order valence-corrected chi connectivity index (χ0v) is 12.7. The van der Waals surface area contributed by atoms with Gasteiger partial charge in [0.2, 0.25) is 5.91 Å². The minimum Gasteiger partial charge on any atom is -0.435 e. The van der Waals surface area contributed by atoms with E-state index in [2.05, 4.69) is 15.0 Å². The Bertz CT molecular complexity index is 669. The molecule has 0 unspecified atom stereocenters. The molecule has 4 nitrogen and oxygen atoms in total. The summed E-state index contributed by atoms with van der Waals surface area (Å²) < 4.78 is 29.5. The van der Waals surface area contributed by atoms with Crippen molar-refractivity contribution >= 4 is 32.6 Å². The highest BCUT2D eigenvalue weighted by Gasteiger charge is 2.22. The third-order valence-electron chi connectivity index (χ3n) is 3.79. The maximum Gasteiger partial charge on any atom is 0.387 e. The summed E-state index contributed by atoms with van der Waals surface area (Å²) in [5.41, 5.74) is 0.658. The summed E-state index contributed by atoms with van der Waals surface area (Å²) >= 11 is 1.26. The van der Waals surface area contributed by atoms with Crippen molar-refractivity contribution in [2.75, 3.05) is 5.32 Å². The first-order valence-electron chi connectivity index (χ1n) is 7.28.